The number of nitrogens with one attached hydrogen (secondary N) is 1. The zero-order valence-corrected chi connectivity index (χ0v) is 10.7. The number of aliphatic hydroxyl groups is 1. The zero-order chi connectivity index (χ0) is 13.6. The Hall–Kier alpha value is -1.66. The third-order valence-electron chi connectivity index (χ3n) is 2.04. The molecule has 0 aliphatic carbocycles. The minimum Gasteiger partial charge on any atom is -0.392 e. The summed E-state index contributed by atoms with van der Waals surface area (Å²) in [5.41, 5.74) is 0. The van der Waals surface area contributed by atoms with Crippen molar-refractivity contribution in [1.82, 2.24) is 5.32 Å². The Labute approximate surface area is 106 Å². The lowest BCUT2D eigenvalue weighted by Crippen LogP contribution is -2.29. The fourth-order valence-electron chi connectivity index (χ4n) is 1.15. The summed E-state index contributed by atoms with van der Waals surface area (Å²) in [7, 11) is -3.60. The van der Waals surface area contributed by atoms with E-state index >= 15 is 0 Å². The summed E-state index contributed by atoms with van der Waals surface area (Å²) in [6, 6.07) is 7.82. The van der Waals surface area contributed by atoms with Gasteiger partial charge in [-0.25, -0.2) is 8.42 Å². The molecular weight excluding hydrogens is 254 g/mol. The molecule has 0 aromatic heterocycles. The van der Waals surface area contributed by atoms with Crippen molar-refractivity contribution < 1.29 is 18.3 Å². The predicted octanol–water partition coefficient (Wildman–Crippen LogP) is 0.471. The van der Waals surface area contributed by atoms with Crippen molar-refractivity contribution >= 4 is 15.7 Å². The van der Waals surface area contributed by atoms with Crippen molar-refractivity contribution in [1.29, 1.82) is 0 Å². The first-order chi connectivity index (χ1) is 8.42. The highest BCUT2D eigenvalue weighted by atomic mass is 32.2. The van der Waals surface area contributed by atoms with E-state index in [0.717, 1.165) is 11.5 Å². The molecule has 0 saturated carbocycles. The maximum Gasteiger partial charge on any atom is 0.244 e. The van der Waals surface area contributed by atoms with Crippen LogP contribution in [0.4, 0.5) is 0 Å². The quantitative estimate of drug-likeness (QED) is 0.761. The average molecular weight is 269 g/mol. The van der Waals surface area contributed by atoms with Gasteiger partial charge in [0.05, 0.1) is 11.0 Å². The maximum atomic E-state index is 11.8. The van der Waals surface area contributed by atoms with E-state index in [0.29, 0.717) is 0 Å². The molecule has 98 valence electrons. The molecule has 0 fully saturated rings. The maximum absolute atomic E-state index is 11.8. The molecule has 5 nitrogen and oxygen atoms in total. The van der Waals surface area contributed by atoms with Crippen molar-refractivity contribution in [3.63, 3.8) is 0 Å². The molecule has 0 unspecified atom stereocenters. The van der Waals surface area contributed by atoms with E-state index < -0.39 is 21.8 Å². The van der Waals surface area contributed by atoms with Crippen LogP contribution in [0.3, 0.4) is 0 Å². The summed E-state index contributed by atoms with van der Waals surface area (Å²) < 4.78 is 23.5. The molecular formula is C12H15NO4S. The average Bonchev–Trinajstić information content (AvgIpc) is 2.35. The molecule has 2 N–H and O–H groups in total. The molecule has 18 heavy (non-hydrogen) atoms. The van der Waals surface area contributed by atoms with Crippen LogP contribution in [0.2, 0.25) is 0 Å². The third-order valence-corrected chi connectivity index (χ3v) is 3.47. The predicted molar refractivity (Wildman–Crippen MR) is 67.5 cm³/mol. The molecule has 1 amide bonds. The standard InChI is InChI=1S/C12H15NO4S/c1-10(14)9-13-12(15)7-8-18(16,17)11-5-3-2-4-6-11/h2-8,10,14H,9H2,1H3,(H,13,15)/b8-7+/t10-/m1/s1. The second-order valence-electron chi connectivity index (χ2n) is 3.75. The van der Waals surface area contributed by atoms with E-state index in [9.17, 15) is 13.2 Å². The first-order valence-electron chi connectivity index (χ1n) is 5.36. The van der Waals surface area contributed by atoms with Gasteiger partial charge in [-0.05, 0) is 19.1 Å². The summed E-state index contributed by atoms with van der Waals surface area (Å²) in [6.45, 7) is 1.60. The topological polar surface area (TPSA) is 83.5 Å². The van der Waals surface area contributed by atoms with Crippen LogP contribution in [0.1, 0.15) is 6.92 Å². The second-order valence-corrected chi connectivity index (χ2v) is 5.59. The van der Waals surface area contributed by atoms with Gasteiger partial charge >= 0.3 is 0 Å². The van der Waals surface area contributed by atoms with Crippen molar-refractivity contribution in [3.8, 4) is 0 Å². The highest BCUT2D eigenvalue weighted by Crippen LogP contribution is 2.10. The van der Waals surface area contributed by atoms with Crippen LogP contribution < -0.4 is 5.32 Å². The smallest absolute Gasteiger partial charge is 0.244 e. The first-order valence-corrected chi connectivity index (χ1v) is 6.90. The van der Waals surface area contributed by atoms with E-state index in [2.05, 4.69) is 5.32 Å². The summed E-state index contributed by atoms with van der Waals surface area (Å²) in [5, 5.41) is 12.2. The van der Waals surface area contributed by atoms with Gasteiger partial charge in [0.25, 0.3) is 0 Å². The Kier molecular flexibility index (Phi) is 5.06. The molecule has 0 aliphatic rings. The van der Waals surface area contributed by atoms with Gasteiger partial charge in [-0.3, -0.25) is 4.79 Å². The monoisotopic (exact) mass is 269 g/mol. The molecule has 1 aromatic rings. The molecule has 0 bridgehead atoms. The van der Waals surface area contributed by atoms with Gasteiger partial charge in [0.2, 0.25) is 5.91 Å². The van der Waals surface area contributed by atoms with Crippen LogP contribution in [-0.4, -0.2) is 32.1 Å². The number of rotatable bonds is 5. The second kappa shape index (κ2) is 6.32. The zero-order valence-electron chi connectivity index (χ0n) is 9.91. The van der Waals surface area contributed by atoms with Crippen LogP contribution >= 0.6 is 0 Å². The Balaban J connectivity index is 2.69. The number of hydrogen-bond acceptors (Lipinski definition) is 4. The number of sulfone groups is 1. The van der Waals surface area contributed by atoms with Crippen LogP contribution in [0.5, 0.6) is 0 Å². The normalized spacial score (nSPS) is 13.4. The largest absolute Gasteiger partial charge is 0.392 e. The van der Waals surface area contributed by atoms with E-state index in [1.54, 1.807) is 18.2 Å². The Morgan fingerprint density at radius 3 is 2.56 bits per heavy atom. The molecule has 0 saturated heterocycles. The van der Waals surface area contributed by atoms with Crippen LogP contribution in [0.25, 0.3) is 0 Å². The molecule has 1 atom stereocenters. The molecule has 0 heterocycles. The summed E-state index contributed by atoms with van der Waals surface area (Å²) in [6.07, 6.45) is 0.262. The van der Waals surface area contributed by atoms with Crippen molar-refractivity contribution in [2.75, 3.05) is 6.54 Å². The van der Waals surface area contributed by atoms with Crippen LogP contribution in [0, 0.1) is 0 Å². The summed E-state index contributed by atoms with van der Waals surface area (Å²) >= 11 is 0. The Morgan fingerprint density at radius 1 is 1.39 bits per heavy atom. The van der Waals surface area contributed by atoms with Crippen LogP contribution in [-0.2, 0) is 14.6 Å². The molecule has 1 rings (SSSR count). The lowest BCUT2D eigenvalue weighted by Gasteiger charge is -2.03. The van der Waals surface area contributed by atoms with Gasteiger partial charge in [0.1, 0.15) is 0 Å². The third kappa shape index (κ3) is 4.68. The van der Waals surface area contributed by atoms with Crippen molar-refractivity contribution in [2.45, 2.75) is 17.9 Å². The molecule has 0 spiro atoms. The van der Waals surface area contributed by atoms with Crippen molar-refractivity contribution in [2.24, 2.45) is 0 Å². The van der Waals surface area contributed by atoms with E-state index in [-0.39, 0.29) is 11.4 Å². The van der Waals surface area contributed by atoms with Gasteiger partial charge in [-0.15, -0.1) is 0 Å². The van der Waals surface area contributed by atoms with Gasteiger partial charge < -0.3 is 10.4 Å². The van der Waals surface area contributed by atoms with E-state index in [1.807, 2.05) is 0 Å². The summed E-state index contributed by atoms with van der Waals surface area (Å²) in [4.78, 5) is 11.4. The lowest BCUT2D eigenvalue weighted by molar-refractivity contribution is -0.116. The highest BCUT2D eigenvalue weighted by Gasteiger charge is 2.09. The minimum absolute atomic E-state index is 0.0779. The number of hydrogen-bond donors (Lipinski definition) is 2. The fraction of sp³-hybridized carbons (Fsp3) is 0.250. The molecule has 6 heteroatoms. The van der Waals surface area contributed by atoms with Gasteiger partial charge in [0.15, 0.2) is 9.84 Å². The number of benzene rings is 1. The molecule has 1 aromatic carbocycles. The highest BCUT2D eigenvalue weighted by molar-refractivity contribution is 7.94. The van der Waals surface area contributed by atoms with Crippen molar-refractivity contribution in [3.05, 3.63) is 41.8 Å². The number of amides is 1. The first kappa shape index (κ1) is 14.4. The van der Waals surface area contributed by atoms with E-state index in [4.69, 9.17) is 5.11 Å². The van der Waals surface area contributed by atoms with Gasteiger partial charge in [-0.1, -0.05) is 18.2 Å². The van der Waals surface area contributed by atoms with Crippen LogP contribution in [0.15, 0.2) is 46.7 Å². The van der Waals surface area contributed by atoms with Gasteiger partial charge in [0, 0.05) is 18.0 Å². The Morgan fingerprint density at radius 2 is 2.00 bits per heavy atom. The SMILES string of the molecule is C[C@@H](O)CNC(=O)/C=C/S(=O)(=O)c1ccccc1. The van der Waals surface area contributed by atoms with Gasteiger partial charge in [-0.2, -0.15) is 0 Å². The minimum atomic E-state index is -3.60. The fourth-order valence-corrected chi connectivity index (χ4v) is 2.14. The number of aliphatic hydroxyl groups excluding tert-OH is 1. The Bertz CT molecular complexity index is 520. The number of carbonyl (C=O) groups is 1. The molecule has 0 radical (unpaired) electrons. The number of carbonyl (C=O) groups excluding carboxylic acids is 1. The van der Waals surface area contributed by atoms with E-state index in [1.165, 1.54) is 19.1 Å². The summed E-state index contributed by atoms with van der Waals surface area (Å²) in [5.74, 6) is -0.560. The lowest BCUT2D eigenvalue weighted by atomic mass is 10.4. The molecule has 0 aliphatic heterocycles.